The van der Waals surface area contributed by atoms with E-state index in [9.17, 15) is 9.90 Å². The average Bonchev–Trinajstić information content (AvgIpc) is 3.18. The van der Waals surface area contributed by atoms with E-state index in [1.165, 1.54) is 0 Å². The van der Waals surface area contributed by atoms with Crippen LogP contribution in [0.25, 0.3) is 0 Å². The van der Waals surface area contributed by atoms with Gasteiger partial charge in [0.15, 0.2) is 6.61 Å². The number of hydrogen-bond donors (Lipinski definition) is 3. The number of ether oxygens (including phenoxy) is 4. The zero-order valence-electron chi connectivity index (χ0n) is 13.7. The van der Waals surface area contributed by atoms with Gasteiger partial charge in [0, 0.05) is 6.07 Å². The molecule has 0 radical (unpaired) electrons. The van der Waals surface area contributed by atoms with Crippen molar-refractivity contribution in [3.63, 3.8) is 0 Å². The lowest BCUT2D eigenvalue weighted by Crippen LogP contribution is -2.45. The highest BCUT2D eigenvalue weighted by molar-refractivity contribution is 5.78. The Hall–Kier alpha value is -2.36. The van der Waals surface area contributed by atoms with Crippen LogP contribution in [-0.4, -0.2) is 73.9 Å². The van der Waals surface area contributed by atoms with Crippen LogP contribution in [0.3, 0.4) is 0 Å². The molecule has 0 unspecified atom stereocenters. The Morgan fingerprint density at radius 1 is 1.32 bits per heavy atom. The maximum absolute atomic E-state index is 12.0. The van der Waals surface area contributed by atoms with Crippen molar-refractivity contribution in [2.24, 2.45) is 0 Å². The summed E-state index contributed by atoms with van der Waals surface area (Å²) < 4.78 is 21.4. The molecule has 2 saturated heterocycles. The number of carboxylic acid groups (broad SMARTS) is 1. The molecule has 1 aromatic rings. The number of nitrogens with one attached hydrogen (secondary N) is 1. The second-order valence-corrected chi connectivity index (χ2v) is 5.41. The van der Waals surface area contributed by atoms with Crippen LogP contribution in [0.5, 0.6) is 11.5 Å². The van der Waals surface area contributed by atoms with Gasteiger partial charge >= 0.3 is 0 Å². The van der Waals surface area contributed by atoms with E-state index in [0.717, 1.165) is 0 Å². The number of carbonyl (C=O) groups is 2. The fourth-order valence-electron chi connectivity index (χ4n) is 2.69. The number of rotatable bonds is 5. The average molecular weight is 355 g/mol. The summed E-state index contributed by atoms with van der Waals surface area (Å²) in [4.78, 5) is 20.3. The standard InChI is InChI=1S/C15H19NO6.CH2O2/c1-19-9-3-2-4-10(5-9)20-8-13(18)16-11-6-21-15-12(17)7-22-14(11)15;2-1-3/h2-5,11-12,14-15,17H,6-8H2,1H3,(H,16,18);1H,(H,2,3)/t11-,12-,14-,15-;/m1./s1. The van der Waals surface area contributed by atoms with Gasteiger partial charge in [-0.3, -0.25) is 9.59 Å². The Bertz CT molecular complexity index is 581. The number of aliphatic hydroxyl groups is 1. The second kappa shape index (κ2) is 9.21. The molecule has 2 aliphatic heterocycles. The SMILES string of the molecule is COc1cccc(OCC(=O)N[C@@H]2CO[C@H]3[C@@H]2OC[C@H]3O)c1.O=CO. The van der Waals surface area contributed by atoms with Crippen LogP contribution in [0.15, 0.2) is 24.3 Å². The number of hydrogen-bond acceptors (Lipinski definition) is 7. The predicted octanol–water partition coefficient (Wildman–Crippen LogP) is -0.582. The van der Waals surface area contributed by atoms with Crippen molar-refractivity contribution in [2.75, 3.05) is 26.9 Å². The molecule has 1 aromatic carbocycles. The minimum absolute atomic E-state index is 0.108. The van der Waals surface area contributed by atoms with Crippen LogP contribution in [0, 0.1) is 0 Å². The number of carbonyl (C=O) groups excluding carboxylic acids is 1. The van der Waals surface area contributed by atoms with E-state index >= 15 is 0 Å². The summed E-state index contributed by atoms with van der Waals surface area (Å²) in [5.41, 5.74) is 0. The lowest BCUT2D eigenvalue weighted by molar-refractivity contribution is -0.124. The van der Waals surface area contributed by atoms with Crippen LogP contribution < -0.4 is 14.8 Å². The molecule has 3 rings (SSSR count). The van der Waals surface area contributed by atoms with Crippen LogP contribution in [0.2, 0.25) is 0 Å². The van der Waals surface area contributed by atoms with Gasteiger partial charge in [-0.25, -0.2) is 0 Å². The van der Waals surface area contributed by atoms with Crippen LogP contribution in [0.4, 0.5) is 0 Å². The molecule has 9 heteroatoms. The Kier molecular flexibility index (Phi) is 6.99. The summed E-state index contributed by atoms with van der Waals surface area (Å²) in [6.07, 6.45) is -1.28. The molecule has 0 bridgehead atoms. The summed E-state index contributed by atoms with van der Waals surface area (Å²) in [5, 5.41) is 19.4. The van der Waals surface area contributed by atoms with Gasteiger partial charge in [-0.1, -0.05) is 6.07 Å². The highest BCUT2D eigenvalue weighted by Gasteiger charge is 2.47. The van der Waals surface area contributed by atoms with Crippen LogP contribution in [-0.2, 0) is 19.1 Å². The lowest BCUT2D eigenvalue weighted by Gasteiger charge is -2.17. The summed E-state index contributed by atoms with van der Waals surface area (Å²) in [7, 11) is 1.57. The number of fused-ring (bicyclic) bond motifs is 1. The minimum atomic E-state index is -0.625. The monoisotopic (exact) mass is 355 g/mol. The molecule has 138 valence electrons. The van der Waals surface area contributed by atoms with Crippen molar-refractivity contribution in [1.82, 2.24) is 5.32 Å². The number of amides is 1. The van der Waals surface area contributed by atoms with Crippen molar-refractivity contribution < 1.29 is 38.7 Å². The summed E-state index contributed by atoms with van der Waals surface area (Å²) >= 11 is 0. The summed E-state index contributed by atoms with van der Waals surface area (Å²) in [5.74, 6) is 0.961. The number of aliphatic hydroxyl groups excluding tert-OH is 1. The molecular weight excluding hydrogens is 334 g/mol. The molecule has 0 aliphatic carbocycles. The topological polar surface area (TPSA) is 124 Å². The summed E-state index contributed by atoms with van der Waals surface area (Å²) in [6, 6.07) is 6.78. The van der Waals surface area contributed by atoms with Gasteiger partial charge in [0.05, 0.1) is 26.4 Å². The van der Waals surface area contributed by atoms with Gasteiger partial charge < -0.3 is 34.5 Å². The normalized spacial score (nSPS) is 26.8. The smallest absolute Gasteiger partial charge is 0.290 e. The van der Waals surface area contributed by atoms with E-state index in [4.69, 9.17) is 28.8 Å². The Labute approximate surface area is 144 Å². The van der Waals surface area contributed by atoms with E-state index < -0.39 is 6.10 Å². The first kappa shape index (κ1) is 19.0. The van der Waals surface area contributed by atoms with E-state index in [2.05, 4.69) is 5.32 Å². The van der Waals surface area contributed by atoms with Crippen molar-refractivity contribution >= 4 is 12.4 Å². The molecular formula is C16H21NO8. The first-order chi connectivity index (χ1) is 12.1. The Balaban J connectivity index is 0.000000701. The number of benzene rings is 1. The van der Waals surface area contributed by atoms with Crippen molar-refractivity contribution in [1.29, 1.82) is 0 Å². The van der Waals surface area contributed by atoms with Gasteiger partial charge in [-0.05, 0) is 12.1 Å². The predicted molar refractivity (Wildman–Crippen MR) is 84.6 cm³/mol. The van der Waals surface area contributed by atoms with Gasteiger partial charge in [0.2, 0.25) is 0 Å². The van der Waals surface area contributed by atoms with Crippen molar-refractivity contribution in [3.05, 3.63) is 24.3 Å². The molecule has 9 nitrogen and oxygen atoms in total. The van der Waals surface area contributed by atoms with Gasteiger partial charge in [-0.15, -0.1) is 0 Å². The first-order valence-electron chi connectivity index (χ1n) is 7.64. The quantitative estimate of drug-likeness (QED) is 0.599. The maximum Gasteiger partial charge on any atom is 0.290 e. The molecule has 2 fully saturated rings. The molecule has 3 N–H and O–H groups in total. The maximum atomic E-state index is 12.0. The third-order valence-electron chi connectivity index (χ3n) is 3.78. The van der Waals surface area contributed by atoms with Crippen LogP contribution >= 0.6 is 0 Å². The van der Waals surface area contributed by atoms with Gasteiger partial charge in [0.25, 0.3) is 12.4 Å². The third kappa shape index (κ3) is 5.05. The Morgan fingerprint density at radius 2 is 2.00 bits per heavy atom. The van der Waals surface area contributed by atoms with Crippen LogP contribution in [0.1, 0.15) is 0 Å². The molecule has 1 amide bonds. The van der Waals surface area contributed by atoms with Gasteiger partial charge in [0.1, 0.15) is 29.8 Å². The van der Waals surface area contributed by atoms with E-state index in [1.807, 2.05) is 0 Å². The highest BCUT2D eigenvalue weighted by atomic mass is 16.6. The zero-order valence-corrected chi connectivity index (χ0v) is 13.7. The molecule has 2 aliphatic rings. The molecule has 4 atom stereocenters. The fraction of sp³-hybridized carbons (Fsp3) is 0.500. The molecule has 0 aromatic heterocycles. The van der Waals surface area contributed by atoms with E-state index in [0.29, 0.717) is 18.1 Å². The molecule has 25 heavy (non-hydrogen) atoms. The van der Waals surface area contributed by atoms with Gasteiger partial charge in [-0.2, -0.15) is 0 Å². The Morgan fingerprint density at radius 3 is 2.72 bits per heavy atom. The largest absolute Gasteiger partial charge is 0.497 e. The highest BCUT2D eigenvalue weighted by Crippen LogP contribution is 2.26. The zero-order chi connectivity index (χ0) is 18.2. The molecule has 0 spiro atoms. The van der Waals surface area contributed by atoms with E-state index in [-0.39, 0.29) is 43.8 Å². The molecule has 2 heterocycles. The van der Waals surface area contributed by atoms with E-state index in [1.54, 1.807) is 31.4 Å². The number of methoxy groups -OCH3 is 1. The van der Waals surface area contributed by atoms with Crippen molar-refractivity contribution in [2.45, 2.75) is 24.4 Å². The first-order valence-corrected chi connectivity index (χ1v) is 7.64. The lowest BCUT2D eigenvalue weighted by atomic mass is 10.1. The van der Waals surface area contributed by atoms with Crippen molar-refractivity contribution in [3.8, 4) is 11.5 Å². The molecule has 0 saturated carbocycles. The summed E-state index contributed by atoms with van der Waals surface area (Å²) in [6.45, 7) is 0.211. The second-order valence-electron chi connectivity index (χ2n) is 5.41. The fourth-order valence-corrected chi connectivity index (χ4v) is 2.69. The minimum Gasteiger partial charge on any atom is -0.497 e. The third-order valence-corrected chi connectivity index (χ3v) is 3.78.